The number of carbonyl (C=O) groups excluding carboxylic acids is 1. The Bertz CT molecular complexity index is 362. The second-order valence-corrected chi connectivity index (χ2v) is 6.70. The average Bonchev–Trinajstić information content (AvgIpc) is 2.16. The Morgan fingerprint density at radius 2 is 1.95 bits per heavy atom. The summed E-state index contributed by atoms with van der Waals surface area (Å²) in [6.07, 6.45) is -2.60. The third-order valence-electron chi connectivity index (χ3n) is 3.99. The molecular weight excluding hydrogens is 254 g/mol. The molecule has 0 aromatic rings. The van der Waals surface area contributed by atoms with Crippen molar-refractivity contribution in [2.24, 2.45) is 5.41 Å². The number of ether oxygens (including phenoxy) is 1. The van der Waals surface area contributed by atoms with E-state index in [-0.39, 0.29) is 24.1 Å². The predicted molar refractivity (Wildman–Crippen MR) is 67.3 cm³/mol. The van der Waals surface area contributed by atoms with Crippen LogP contribution in [0.3, 0.4) is 0 Å². The van der Waals surface area contributed by atoms with Gasteiger partial charge in [-0.15, -0.1) is 0 Å². The summed E-state index contributed by atoms with van der Waals surface area (Å²) in [5.74, 6) is 0. The van der Waals surface area contributed by atoms with Gasteiger partial charge >= 0.3 is 6.09 Å². The van der Waals surface area contributed by atoms with Gasteiger partial charge in [0.1, 0.15) is 5.60 Å². The molecule has 0 bridgehead atoms. The smallest absolute Gasteiger partial charge is 0.410 e. The molecule has 2 aliphatic heterocycles. The molecule has 110 valence electrons. The summed E-state index contributed by atoms with van der Waals surface area (Å²) >= 11 is 0. The van der Waals surface area contributed by atoms with Crippen molar-refractivity contribution in [1.29, 1.82) is 0 Å². The van der Waals surface area contributed by atoms with E-state index in [1.807, 2.05) is 27.7 Å². The highest BCUT2D eigenvalue weighted by Gasteiger charge is 2.58. The SMILES string of the molecule is CC1N(CC(F)F)CC12CN(C(=O)OC(C)(C)C)C2. The molecule has 2 aliphatic rings. The van der Waals surface area contributed by atoms with Gasteiger partial charge < -0.3 is 9.64 Å². The fourth-order valence-electron chi connectivity index (χ4n) is 2.88. The van der Waals surface area contributed by atoms with Crippen molar-refractivity contribution < 1.29 is 18.3 Å². The largest absolute Gasteiger partial charge is 0.444 e. The molecule has 0 radical (unpaired) electrons. The minimum absolute atomic E-state index is 0.00575. The molecule has 19 heavy (non-hydrogen) atoms. The van der Waals surface area contributed by atoms with Gasteiger partial charge in [-0.1, -0.05) is 0 Å². The van der Waals surface area contributed by atoms with E-state index in [9.17, 15) is 13.6 Å². The maximum absolute atomic E-state index is 12.3. The Labute approximate surface area is 112 Å². The predicted octanol–water partition coefficient (Wildman–Crippen LogP) is 2.19. The number of amides is 1. The monoisotopic (exact) mass is 276 g/mol. The van der Waals surface area contributed by atoms with Crippen molar-refractivity contribution >= 4 is 6.09 Å². The summed E-state index contributed by atoms with van der Waals surface area (Å²) in [4.78, 5) is 15.2. The number of hydrogen-bond acceptors (Lipinski definition) is 3. The quantitative estimate of drug-likeness (QED) is 0.775. The van der Waals surface area contributed by atoms with Gasteiger partial charge in [0.05, 0.1) is 6.54 Å². The number of alkyl halides is 2. The lowest BCUT2D eigenvalue weighted by atomic mass is 9.66. The normalized spacial score (nSPS) is 26.3. The van der Waals surface area contributed by atoms with E-state index in [0.717, 1.165) is 0 Å². The van der Waals surface area contributed by atoms with E-state index in [2.05, 4.69) is 0 Å². The molecule has 0 aromatic carbocycles. The second-order valence-electron chi connectivity index (χ2n) is 6.70. The van der Waals surface area contributed by atoms with Crippen molar-refractivity contribution in [3.8, 4) is 0 Å². The van der Waals surface area contributed by atoms with E-state index in [0.29, 0.717) is 19.6 Å². The van der Waals surface area contributed by atoms with Crippen LogP contribution < -0.4 is 0 Å². The lowest BCUT2D eigenvalue weighted by molar-refractivity contribution is -0.163. The zero-order chi connectivity index (χ0) is 14.4. The first-order chi connectivity index (χ1) is 8.63. The third-order valence-corrected chi connectivity index (χ3v) is 3.99. The molecule has 1 spiro atoms. The zero-order valence-electron chi connectivity index (χ0n) is 11.9. The summed E-state index contributed by atoms with van der Waals surface area (Å²) in [5.41, 5.74) is -0.488. The number of rotatable bonds is 2. The van der Waals surface area contributed by atoms with Crippen molar-refractivity contribution in [3.05, 3.63) is 0 Å². The molecule has 0 aliphatic carbocycles. The first-order valence-electron chi connectivity index (χ1n) is 6.63. The molecule has 0 aromatic heterocycles. The molecule has 1 atom stereocenters. The number of carbonyl (C=O) groups is 1. The summed E-state index contributed by atoms with van der Waals surface area (Å²) in [6.45, 7) is 9.15. The van der Waals surface area contributed by atoms with Crippen molar-refractivity contribution in [2.75, 3.05) is 26.2 Å². The number of hydrogen-bond donors (Lipinski definition) is 0. The first kappa shape index (κ1) is 14.5. The minimum atomic E-state index is -2.29. The fraction of sp³-hybridized carbons (Fsp3) is 0.923. The van der Waals surface area contributed by atoms with Gasteiger partial charge in [0.15, 0.2) is 0 Å². The van der Waals surface area contributed by atoms with Gasteiger partial charge in [-0.25, -0.2) is 13.6 Å². The average molecular weight is 276 g/mol. The number of likely N-dealkylation sites (tertiary alicyclic amines) is 2. The first-order valence-corrected chi connectivity index (χ1v) is 6.63. The zero-order valence-corrected chi connectivity index (χ0v) is 11.9. The molecule has 2 rings (SSSR count). The van der Waals surface area contributed by atoms with Crippen LogP contribution in [-0.4, -0.2) is 60.1 Å². The van der Waals surface area contributed by atoms with Crippen LogP contribution in [0.25, 0.3) is 0 Å². The summed E-state index contributed by atoms with van der Waals surface area (Å²) < 4.78 is 29.9. The Kier molecular flexibility index (Phi) is 3.49. The molecule has 1 amide bonds. The van der Waals surface area contributed by atoms with E-state index >= 15 is 0 Å². The van der Waals surface area contributed by atoms with E-state index in [1.54, 1.807) is 9.80 Å². The Balaban J connectivity index is 1.79. The maximum atomic E-state index is 12.3. The van der Waals surface area contributed by atoms with Crippen molar-refractivity contribution in [1.82, 2.24) is 9.80 Å². The van der Waals surface area contributed by atoms with Gasteiger partial charge in [0.2, 0.25) is 0 Å². The van der Waals surface area contributed by atoms with Crippen LogP contribution >= 0.6 is 0 Å². The minimum Gasteiger partial charge on any atom is -0.444 e. The molecule has 1 unspecified atom stereocenters. The summed E-state index contributed by atoms with van der Waals surface area (Å²) in [7, 11) is 0. The third kappa shape index (κ3) is 2.83. The highest BCUT2D eigenvalue weighted by atomic mass is 19.3. The molecular formula is C13H22F2N2O2. The molecule has 2 saturated heterocycles. The summed E-state index contributed by atoms with van der Waals surface area (Å²) in [6, 6.07) is 0.111. The number of nitrogens with zero attached hydrogens (tertiary/aromatic N) is 2. The van der Waals surface area contributed by atoms with Crippen LogP contribution in [0, 0.1) is 5.41 Å². The van der Waals surface area contributed by atoms with Gasteiger partial charge in [-0.2, -0.15) is 0 Å². The van der Waals surface area contributed by atoms with E-state index in [1.165, 1.54) is 0 Å². The van der Waals surface area contributed by atoms with E-state index < -0.39 is 12.0 Å². The Morgan fingerprint density at radius 1 is 1.37 bits per heavy atom. The van der Waals surface area contributed by atoms with Crippen LogP contribution in [-0.2, 0) is 4.74 Å². The molecule has 2 heterocycles. The maximum Gasteiger partial charge on any atom is 0.410 e. The van der Waals surface area contributed by atoms with E-state index in [4.69, 9.17) is 4.74 Å². The lowest BCUT2D eigenvalue weighted by Crippen LogP contribution is -2.77. The Hall–Kier alpha value is -0.910. The summed E-state index contributed by atoms with van der Waals surface area (Å²) in [5, 5.41) is 0. The topological polar surface area (TPSA) is 32.8 Å². The van der Waals surface area contributed by atoms with Crippen LogP contribution in [0.15, 0.2) is 0 Å². The number of halogens is 2. The molecule has 0 N–H and O–H groups in total. The van der Waals surface area contributed by atoms with Gasteiger partial charge in [0, 0.05) is 31.1 Å². The van der Waals surface area contributed by atoms with Gasteiger partial charge in [-0.3, -0.25) is 4.90 Å². The Morgan fingerprint density at radius 3 is 2.37 bits per heavy atom. The van der Waals surface area contributed by atoms with Gasteiger partial charge in [0.25, 0.3) is 6.43 Å². The standard InChI is InChI=1S/C13H22F2N2O2/c1-9-13(6-16(9)5-10(14)15)7-17(8-13)11(18)19-12(2,3)4/h9-10H,5-8H2,1-4H3. The van der Waals surface area contributed by atoms with Crippen LogP contribution in [0.2, 0.25) is 0 Å². The van der Waals surface area contributed by atoms with Crippen LogP contribution in [0.5, 0.6) is 0 Å². The van der Waals surface area contributed by atoms with Crippen molar-refractivity contribution in [3.63, 3.8) is 0 Å². The molecule has 0 saturated carbocycles. The molecule has 2 fully saturated rings. The highest BCUT2D eigenvalue weighted by molar-refractivity contribution is 5.69. The molecule has 6 heteroatoms. The molecule has 4 nitrogen and oxygen atoms in total. The lowest BCUT2D eigenvalue weighted by Gasteiger charge is -2.64. The van der Waals surface area contributed by atoms with Gasteiger partial charge in [-0.05, 0) is 27.7 Å². The highest BCUT2D eigenvalue weighted by Crippen LogP contribution is 2.45. The van der Waals surface area contributed by atoms with Crippen molar-refractivity contribution in [2.45, 2.75) is 45.8 Å². The van der Waals surface area contributed by atoms with Crippen LogP contribution in [0.4, 0.5) is 13.6 Å². The fourth-order valence-corrected chi connectivity index (χ4v) is 2.88. The second kappa shape index (κ2) is 4.58. The van der Waals surface area contributed by atoms with Crippen LogP contribution in [0.1, 0.15) is 27.7 Å².